The molecular formula is C14H21NO3S. The normalized spacial score (nSPS) is 23.1. The summed E-state index contributed by atoms with van der Waals surface area (Å²) in [6, 6.07) is 1.87. The van der Waals surface area contributed by atoms with Crippen molar-refractivity contribution >= 4 is 17.2 Å². The van der Waals surface area contributed by atoms with Crippen LogP contribution in [0, 0.1) is 12.8 Å². The van der Waals surface area contributed by atoms with E-state index < -0.39 is 0 Å². The van der Waals surface area contributed by atoms with Crippen LogP contribution in [0.1, 0.15) is 40.2 Å². The fraction of sp³-hybridized carbons (Fsp3) is 0.643. The van der Waals surface area contributed by atoms with E-state index in [9.17, 15) is 9.90 Å². The van der Waals surface area contributed by atoms with Crippen molar-refractivity contribution in [1.29, 1.82) is 0 Å². The summed E-state index contributed by atoms with van der Waals surface area (Å²) in [5.74, 6) is 0.710. The molecule has 1 heterocycles. The molecule has 1 aromatic heterocycles. The van der Waals surface area contributed by atoms with E-state index in [2.05, 4.69) is 5.32 Å². The molecule has 1 aliphatic rings. The summed E-state index contributed by atoms with van der Waals surface area (Å²) >= 11 is 1.43. The molecule has 106 valence electrons. The average Bonchev–Trinajstić information content (AvgIpc) is 2.79. The molecule has 0 unspecified atom stereocenters. The highest BCUT2D eigenvalue weighted by Crippen LogP contribution is 2.29. The summed E-state index contributed by atoms with van der Waals surface area (Å²) in [5, 5.41) is 12.8. The maximum absolute atomic E-state index is 12.1. The van der Waals surface area contributed by atoms with Gasteiger partial charge in [0.05, 0.1) is 13.2 Å². The van der Waals surface area contributed by atoms with Gasteiger partial charge in [-0.25, -0.2) is 0 Å². The minimum Gasteiger partial charge on any atom is -0.495 e. The number of amides is 1. The molecule has 2 rings (SSSR count). The molecule has 4 nitrogen and oxygen atoms in total. The number of hydrogen-bond acceptors (Lipinski definition) is 4. The lowest BCUT2D eigenvalue weighted by atomic mass is 9.86. The molecule has 0 radical (unpaired) electrons. The molecule has 0 aromatic carbocycles. The first-order valence-corrected chi connectivity index (χ1v) is 7.54. The maximum Gasteiger partial charge on any atom is 0.265 e. The Kier molecular flexibility index (Phi) is 4.82. The topological polar surface area (TPSA) is 58.6 Å². The summed E-state index contributed by atoms with van der Waals surface area (Å²) < 4.78 is 5.20. The first kappa shape index (κ1) is 14.3. The summed E-state index contributed by atoms with van der Waals surface area (Å²) in [6.45, 7) is 2.49. The van der Waals surface area contributed by atoms with Gasteiger partial charge in [0.25, 0.3) is 5.91 Å². The maximum atomic E-state index is 12.1. The summed E-state index contributed by atoms with van der Waals surface area (Å²) in [4.78, 5) is 13.8. The van der Waals surface area contributed by atoms with Crippen LogP contribution in [-0.2, 0) is 0 Å². The first-order valence-electron chi connectivity index (χ1n) is 6.72. The minimum absolute atomic E-state index is 0.104. The number of methoxy groups -OCH3 is 1. The van der Waals surface area contributed by atoms with Gasteiger partial charge in [-0.2, -0.15) is 0 Å². The molecular weight excluding hydrogens is 262 g/mol. The highest BCUT2D eigenvalue weighted by Gasteiger charge is 2.24. The lowest BCUT2D eigenvalue weighted by Crippen LogP contribution is -2.36. The van der Waals surface area contributed by atoms with E-state index in [4.69, 9.17) is 4.74 Å². The van der Waals surface area contributed by atoms with Crippen molar-refractivity contribution < 1.29 is 14.6 Å². The number of carbonyl (C=O) groups is 1. The van der Waals surface area contributed by atoms with Crippen LogP contribution in [0.25, 0.3) is 0 Å². The Balaban J connectivity index is 1.93. The minimum atomic E-state index is -0.277. The average molecular weight is 283 g/mol. The van der Waals surface area contributed by atoms with Crippen molar-refractivity contribution in [2.75, 3.05) is 13.7 Å². The number of aliphatic hydroxyl groups is 1. The molecule has 1 amide bonds. The fourth-order valence-corrected chi connectivity index (χ4v) is 3.43. The van der Waals surface area contributed by atoms with Gasteiger partial charge < -0.3 is 15.2 Å². The summed E-state index contributed by atoms with van der Waals surface area (Å²) in [5.41, 5.74) is 0. The van der Waals surface area contributed by atoms with Crippen molar-refractivity contribution in [2.24, 2.45) is 5.92 Å². The number of aliphatic hydroxyl groups excluding tert-OH is 1. The molecule has 0 aliphatic heterocycles. The second-order valence-electron chi connectivity index (χ2n) is 5.08. The van der Waals surface area contributed by atoms with Crippen LogP contribution in [0.5, 0.6) is 5.75 Å². The van der Waals surface area contributed by atoms with Gasteiger partial charge in [-0.15, -0.1) is 11.3 Å². The number of aryl methyl sites for hydroxylation is 1. The van der Waals surface area contributed by atoms with E-state index in [1.54, 1.807) is 7.11 Å². The molecule has 5 heteroatoms. The van der Waals surface area contributed by atoms with Crippen molar-refractivity contribution in [2.45, 2.75) is 38.7 Å². The van der Waals surface area contributed by atoms with Crippen molar-refractivity contribution in [1.82, 2.24) is 5.32 Å². The lowest BCUT2D eigenvalue weighted by molar-refractivity contribution is 0.0663. The number of hydrogen-bond donors (Lipinski definition) is 2. The van der Waals surface area contributed by atoms with Gasteiger partial charge in [0, 0.05) is 17.3 Å². The zero-order chi connectivity index (χ0) is 13.8. The van der Waals surface area contributed by atoms with Crippen molar-refractivity contribution in [3.05, 3.63) is 15.8 Å². The van der Waals surface area contributed by atoms with Gasteiger partial charge in [0.15, 0.2) is 0 Å². The van der Waals surface area contributed by atoms with Crippen molar-refractivity contribution in [3.8, 4) is 5.75 Å². The predicted octanol–water partition coefficient (Wildman–Crippen LogP) is 2.35. The third-order valence-corrected chi connectivity index (χ3v) is 4.67. The Labute approximate surface area is 117 Å². The van der Waals surface area contributed by atoms with E-state index in [1.165, 1.54) is 11.3 Å². The predicted molar refractivity (Wildman–Crippen MR) is 75.9 cm³/mol. The molecule has 1 fully saturated rings. The van der Waals surface area contributed by atoms with Gasteiger partial charge in [0.1, 0.15) is 10.6 Å². The van der Waals surface area contributed by atoms with Gasteiger partial charge in [-0.1, -0.05) is 12.8 Å². The number of nitrogens with one attached hydrogen (secondary N) is 1. The highest BCUT2D eigenvalue weighted by atomic mass is 32.1. The Morgan fingerprint density at radius 2 is 2.26 bits per heavy atom. The monoisotopic (exact) mass is 283 g/mol. The van der Waals surface area contributed by atoms with Crippen LogP contribution in [0.4, 0.5) is 0 Å². The largest absolute Gasteiger partial charge is 0.495 e. The van der Waals surface area contributed by atoms with Gasteiger partial charge >= 0.3 is 0 Å². The Bertz CT molecular complexity index is 444. The number of rotatable bonds is 4. The van der Waals surface area contributed by atoms with E-state index in [1.807, 2.05) is 13.0 Å². The molecule has 0 saturated heterocycles. The number of ether oxygens (including phenoxy) is 1. The molecule has 0 bridgehead atoms. The smallest absolute Gasteiger partial charge is 0.265 e. The zero-order valence-electron chi connectivity index (χ0n) is 11.4. The molecule has 2 atom stereocenters. The van der Waals surface area contributed by atoms with E-state index in [0.29, 0.717) is 17.2 Å². The summed E-state index contributed by atoms with van der Waals surface area (Å²) in [6.07, 6.45) is 3.79. The Hall–Kier alpha value is -1.07. The third kappa shape index (κ3) is 3.48. The van der Waals surface area contributed by atoms with E-state index in [-0.39, 0.29) is 17.9 Å². The molecule has 1 saturated carbocycles. The summed E-state index contributed by atoms with van der Waals surface area (Å²) in [7, 11) is 1.57. The van der Waals surface area contributed by atoms with E-state index in [0.717, 1.165) is 30.6 Å². The number of carbonyl (C=O) groups excluding carboxylic acids is 1. The Morgan fingerprint density at radius 3 is 2.95 bits per heavy atom. The molecule has 19 heavy (non-hydrogen) atoms. The van der Waals surface area contributed by atoms with Crippen LogP contribution in [-0.4, -0.2) is 30.8 Å². The highest BCUT2D eigenvalue weighted by molar-refractivity contribution is 7.14. The second kappa shape index (κ2) is 6.39. The van der Waals surface area contributed by atoms with Crippen molar-refractivity contribution in [3.63, 3.8) is 0 Å². The van der Waals surface area contributed by atoms with Gasteiger partial charge in [-0.3, -0.25) is 4.79 Å². The fourth-order valence-electron chi connectivity index (χ4n) is 2.53. The molecule has 0 spiro atoms. The third-order valence-electron chi connectivity index (χ3n) is 3.64. The Morgan fingerprint density at radius 1 is 1.53 bits per heavy atom. The van der Waals surface area contributed by atoms with Crippen LogP contribution in [0.3, 0.4) is 0 Å². The lowest BCUT2D eigenvalue weighted by Gasteiger charge is -2.27. The van der Waals surface area contributed by atoms with Crippen LogP contribution >= 0.6 is 11.3 Å². The van der Waals surface area contributed by atoms with Crippen LogP contribution < -0.4 is 10.1 Å². The zero-order valence-corrected chi connectivity index (χ0v) is 12.3. The molecule has 2 N–H and O–H groups in total. The standard InChI is InChI=1S/C14H21NO3S/c1-9-7-12(18-2)13(19-9)14(17)15-8-10-5-3-4-6-11(10)16/h7,10-11,16H,3-6,8H2,1-2H3,(H,15,17)/t10-,11-/m1/s1. The molecule has 1 aliphatic carbocycles. The van der Waals surface area contributed by atoms with Crippen LogP contribution in [0.2, 0.25) is 0 Å². The van der Waals surface area contributed by atoms with Crippen LogP contribution in [0.15, 0.2) is 6.07 Å². The molecule has 1 aromatic rings. The SMILES string of the molecule is COc1cc(C)sc1C(=O)NC[C@H]1CCCC[C@H]1O. The quantitative estimate of drug-likeness (QED) is 0.891. The van der Waals surface area contributed by atoms with Gasteiger partial charge in [0.2, 0.25) is 0 Å². The first-order chi connectivity index (χ1) is 9.11. The van der Waals surface area contributed by atoms with Gasteiger partial charge in [-0.05, 0) is 25.8 Å². The second-order valence-corrected chi connectivity index (χ2v) is 6.33. The van der Waals surface area contributed by atoms with E-state index >= 15 is 0 Å². The number of thiophene rings is 1.